The fraction of sp³-hybridized carbons (Fsp3) is 0.929. The van der Waals surface area contributed by atoms with Gasteiger partial charge in [0, 0.05) is 26.2 Å². The number of piperidine rings is 1. The molecular formula is C14H28N2O4S. The van der Waals surface area contributed by atoms with Crippen LogP contribution in [0.25, 0.3) is 0 Å². The van der Waals surface area contributed by atoms with Crippen LogP contribution in [0.4, 0.5) is 0 Å². The molecule has 21 heavy (non-hydrogen) atoms. The van der Waals surface area contributed by atoms with Crippen LogP contribution in [-0.2, 0) is 19.6 Å². The fourth-order valence-electron chi connectivity index (χ4n) is 2.34. The van der Waals surface area contributed by atoms with Gasteiger partial charge in [0.15, 0.2) is 0 Å². The van der Waals surface area contributed by atoms with Gasteiger partial charge in [-0.25, -0.2) is 12.7 Å². The van der Waals surface area contributed by atoms with Gasteiger partial charge >= 0.3 is 0 Å². The van der Waals surface area contributed by atoms with Crippen LogP contribution >= 0.6 is 0 Å². The Bertz CT molecular complexity index is 423. The zero-order valence-electron chi connectivity index (χ0n) is 13.3. The highest BCUT2D eigenvalue weighted by Crippen LogP contribution is 2.19. The third-order valence-corrected chi connectivity index (χ3v) is 5.43. The topological polar surface area (TPSA) is 75.7 Å². The summed E-state index contributed by atoms with van der Waals surface area (Å²) in [7, 11) is -3.19. The summed E-state index contributed by atoms with van der Waals surface area (Å²) in [6, 6.07) is 0. The Morgan fingerprint density at radius 3 is 2.76 bits per heavy atom. The number of ether oxygens (including phenoxy) is 1. The van der Waals surface area contributed by atoms with Crippen LogP contribution in [0.2, 0.25) is 0 Å². The molecule has 1 rings (SSSR count). The van der Waals surface area contributed by atoms with Gasteiger partial charge in [-0.1, -0.05) is 0 Å². The summed E-state index contributed by atoms with van der Waals surface area (Å²) in [5.74, 6) is -0.185. The Morgan fingerprint density at radius 2 is 2.14 bits per heavy atom. The Balaban J connectivity index is 2.34. The van der Waals surface area contributed by atoms with Gasteiger partial charge in [-0.15, -0.1) is 0 Å². The second-order valence-corrected chi connectivity index (χ2v) is 7.92. The van der Waals surface area contributed by atoms with Crippen LogP contribution in [0, 0.1) is 5.92 Å². The van der Waals surface area contributed by atoms with Crippen molar-refractivity contribution in [1.29, 1.82) is 0 Å². The van der Waals surface area contributed by atoms with E-state index in [1.165, 1.54) is 4.31 Å². The second-order valence-electron chi connectivity index (χ2n) is 5.66. The highest BCUT2D eigenvalue weighted by Gasteiger charge is 2.31. The molecule has 0 unspecified atom stereocenters. The molecule has 0 radical (unpaired) electrons. The quantitative estimate of drug-likeness (QED) is 0.677. The van der Waals surface area contributed by atoms with Crippen molar-refractivity contribution in [2.45, 2.75) is 46.1 Å². The molecule has 0 spiro atoms. The number of sulfonamides is 1. The van der Waals surface area contributed by atoms with Gasteiger partial charge in [-0.3, -0.25) is 4.79 Å². The lowest BCUT2D eigenvalue weighted by molar-refractivity contribution is -0.126. The molecule has 1 fully saturated rings. The first-order valence-corrected chi connectivity index (χ1v) is 9.35. The largest absolute Gasteiger partial charge is 0.379 e. The van der Waals surface area contributed by atoms with E-state index < -0.39 is 10.0 Å². The molecule has 7 heteroatoms. The van der Waals surface area contributed by atoms with Crippen LogP contribution in [0.1, 0.15) is 40.0 Å². The van der Waals surface area contributed by atoms with E-state index in [9.17, 15) is 13.2 Å². The van der Waals surface area contributed by atoms with Crippen LogP contribution in [0.3, 0.4) is 0 Å². The van der Waals surface area contributed by atoms with Gasteiger partial charge < -0.3 is 10.1 Å². The van der Waals surface area contributed by atoms with Crippen LogP contribution in [-0.4, -0.2) is 56.7 Å². The summed E-state index contributed by atoms with van der Waals surface area (Å²) in [5, 5.41) is 2.88. The van der Waals surface area contributed by atoms with Gasteiger partial charge in [0.1, 0.15) is 0 Å². The predicted molar refractivity (Wildman–Crippen MR) is 82.5 cm³/mol. The van der Waals surface area contributed by atoms with E-state index in [4.69, 9.17) is 4.74 Å². The van der Waals surface area contributed by atoms with Gasteiger partial charge in [0.05, 0.1) is 17.8 Å². The summed E-state index contributed by atoms with van der Waals surface area (Å²) >= 11 is 0. The predicted octanol–water partition coefficient (Wildman–Crippen LogP) is 0.979. The molecule has 1 N–H and O–H groups in total. The Morgan fingerprint density at radius 1 is 1.43 bits per heavy atom. The zero-order valence-corrected chi connectivity index (χ0v) is 14.1. The van der Waals surface area contributed by atoms with Crippen LogP contribution in [0.5, 0.6) is 0 Å². The second kappa shape index (κ2) is 8.70. The van der Waals surface area contributed by atoms with E-state index in [1.54, 1.807) is 6.92 Å². The minimum atomic E-state index is -3.19. The summed E-state index contributed by atoms with van der Waals surface area (Å²) in [6.07, 6.45) is 2.47. The van der Waals surface area contributed by atoms with Crippen LogP contribution < -0.4 is 5.32 Å². The summed E-state index contributed by atoms with van der Waals surface area (Å²) in [5.41, 5.74) is 0. The standard InChI is InChI=1S/C14H28N2O4S/c1-4-21(18,19)16-9-5-7-13(11-16)14(17)15-8-6-10-20-12(2)3/h12-13H,4-11H2,1-3H3,(H,15,17)/t13-/m0/s1. The molecule has 1 saturated heterocycles. The number of nitrogens with zero attached hydrogens (tertiary/aromatic N) is 1. The zero-order chi connectivity index (χ0) is 15.9. The minimum Gasteiger partial charge on any atom is -0.379 e. The van der Waals surface area contributed by atoms with Gasteiger partial charge in [0.2, 0.25) is 15.9 Å². The van der Waals surface area contributed by atoms with Crippen molar-refractivity contribution in [3.05, 3.63) is 0 Å². The number of nitrogens with one attached hydrogen (secondary N) is 1. The normalized spacial score (nSPS) is 20.7. The van der Waals surface area contributed by atoms with Crippen molar-refractivity contribution >= 4 is 15.9 Å². The number of hydrogen-bond acceptors (Lipinski definition) is 4. The molecule has 1 heterocycles. The van der Waals surface area contributed by atoms with E-state index in [0.717, 1.165) is 19.3 Å². The number of hydrogen-bond donors (Lipinski definition) is 1. The SMILES string of the molecule is CCS(=O)(=O)N1CCC[C@H](C(=O)NCCCOC(C)C)C1. The highest BCUT2D eigenvalue weighted by molar-refractivity contribution is 7.89. The third kappa shape index (κ3) is 6.32. The van der Waals surface area contributed by atoms with E-state index in [0.29, 0.717) is 26.2 Å². The summed E-state index contributed by atoms with van der Waals surface area (Å²) in [6.45, 7) is 7.62. The van der Waals surface area contributed by atoms with Crippen molar-refractivity contribution in [3.63, 3.8) is 0 Å². The third-order valence-electron chi connectivity index (χ3n) is 3.58. The molecule has 1 aliphatic rings. The average molecular weight is 320 g/mol. The first kappa shape index (κ1) is 18.4. The van der Waals surface area contributed by atoms with Gasteiger partial charge in [-0.2, -0.15) is 0 Å². The summed E-state index contributed by atoms with van der Waals surface area (Å²) in [4.78, 5) is 12.1. The van der Waals surface area contributed by atoms with Crippen molar-refractivity contribution in [3.8, 4) is 0 Å². The number of amides is 1. The lowest BCUT2D eigenvalue weighted by Gasteiger charge is -2.30. The highest BCUT2D eigenvalue weighted by atomic mass is 32.2. The fourth-order valence-corrected chi connectivity index (χ4v) is 3.52. The molecule has 124 valence electrons. The monoisotopic (exact) mass is 320 g/mol. The Kier molecular flexibility index (Phi) is 7.62. The van der Waals surface area contributed by atoms with E-state index in [2.05, 4.69) is 5.32 Å². The van der Waals surface area contributed by atoms with Crippen molar-refractivity contribution in [2.24, 2.45) is 5.92 Å². The lowest BCUT2D eigenvalue weighted by atomic mass is 9.99. The maximum Gasteiger partial charge on any atom is 0.224 e. The van der Waals surface area contributed by atoms with Gasteiger partial charge in [0.25, 0.3) is 0 Å². The molecule has 0 aliphatic carbocycles. The molecular weight excluding hydrogens is 292 g/mol. The van der Waals surface area contributed by atoms with E-state index >= 15 is 0 Å². The van der Waals surface area contributed by atoms with E-state index in [1.807, 2.05) is 13.8 Å². The molecule has 0 saturated carbocycles. The molecule has 1 amide bonds. The van der Waals surface area contributed by atoms with Gasteiger partial charge in [-0.05, 0) is 40.0 Å². The minimum absolute atomic E-state index is 0.0458. The molecule has 0 aromatic carbocycles. The molecule has 6 nitrogen and oxygen atoms in total. The van der Waals surface area contributed by atoms with Crippen LogP contribution in [0.15, 0.2) is 0 Å². The molecule has 0 aromatic heterocycles. The van der Waals surface area contributed by atoms with Crippen molar-refractivity contribution in [2.75, 3.05) is 32.0 Å². The lowest BCUT2D eigenvalue weighted by Crippen LogP contribution is -2.46. The van der Waals surface area contributed by atoms with E-state index in [-0.39, 0.29) is 23.7 Å². The number of rotatable bonds is 8. The van der Waals surface area contributed by atoms with Crippen molar-refractivity contribution in [1.82, 2.24) is 9.62 Å². The average Bonchev–Trinajstić information content (AvgIpc) is 2.46. The number of carbonyl (C=O) groups excluding carboxylic acids is 1. The molecule has 1 aliphatic heterocycles. The number of carbonyl (C=O) groups is 1. The maximum atomic E-state index is 12.1. The smallest absolute Gasteiger partial charge is 0.224 e. The Labute approximate surface area is 128 Å². The first-order valence-electron chi connectivity index (χ1n) is 7.74. The first-order chi connectivity index (χ1) is 9.86. The van der Waals surface area contributed by atoms with Crippen molar-refractivity contribution < 1.29 is 17.9 Å². The summed E-state index contributed by atoms with van der Waals surface area (Å²) < 4.78 is 30.6. The Hall–Kier alpha value is -0.660. The molecule has 0 aromatic rings. The maximum absolute atomic E-state index is 12.1. The molecule has 1 atom stereocenters. The molecule has 0 bridgehead atoms.